The maximum atomic E-state index is 13.1. The van der Waals surface area contributed by atoms with Gasteiger partial charge in [-0.1, -0.05) is 36.4 Å². The number of hydrogen-bond acceptors (Lipinski definition) is 3. The molecule has 0 saturated heterocycles. The summed E-state index contributed by atoms with van der Waals surface area (Å²) in [6, 6.07) is 15.3. The minimum Gasteiger partial charge on any atom is -0.309 e. The second-order valence-electron chi connectivity index (χ2n) is 7.44. The molecule has 0 bridgehead atoms. The van der Waals surface area contributed by atoms with E-state index in [-0.39, 0.29) is 11.9 Å². The molecule has 0 fully saturated rings. The number of carbonyl (C=O) groups is 1. The van der Waals surface area contributed by atoms with E-state index in [1.54, 1.807) is 30.0 Å². The quantitative estimate of drug-likeness (QED) is 0.798. The van der Waals surface area contributed by atoms with E-state index < -0.39 is 10.0 Å². The van der Waals surface area contributed by atoms with Gasteiger partial charge in [-0.2, -0.15) is 4.31 Å². The molecule has 0 unspecified atom stereocenters. The van der Waals surface area contributed by atoms with Gasteiger partial charge >= 0.3 is 0 Å². The average molecular weight is 397 g/mol. The van der Waals surface area contributed by atoms with Crippen molar-refractivity contribution < 1.29 is 13.2 Å². The monoisotopic (exact) mass is 396 g/mol. The van der Waals surface area contributed by atoms with Crippen molar-refractivity contribution in [3.8, 4) is 0 Å². The summed E-state index contributed by atoms with van der Waals surface area (Å²) in [5.41, 5.74) is 4.08. The first-order chi connectivity index (χ1) is 13.4. The first-order valence-electron chi connectivity index (χ1n) is 9.55. The molecule has 2 aliphatic heterocycles. The van der Waals surface area contributed by atoms with Gasteiger partial charge in [0.25, 0.3) is 0 Å². The summed E-state index contributed by atoms with van der Waals surface area (Å²) >= 11 is 0. The van der Waals surface area contributed by atoms with Crippen LogP contribution in [0.15, 0.2) is 59.5 Å². The van der Waals surface area contributed by atoms with Crippen molar-refractivity contribution in [2.45, 2.75) is 37.6 Å². The number of amides is 1. The lowest BCUT2D eigenvalue weighted by atomic mass is 10.0. The topological polar surface area (TPSA) is 57.7 Å². The van der Waals surface area contributed by atoms with Gasteiger partial charge in [-0.3, -0.25) is 4.79 Å². The smallest absolute Gasteiger partial charge is 0.243 e. The Balaban J connectivity index is 1.58. The van der Waals surface area contributed by atoms with Crippen molar-refractivity contribution in [3.05, 3.63) is 65.7 Å². The maximum Gasteiger partial charge on any atom is 0.243 e. The zero-order valence-electron chi connectivity index (χ0n) is 16.1. The molecule has 1 amide bonds. The molecular formula is C22H24N2O3S. The first kappa shape index (κ1) is 18.9. The van der Waals surface area contributed by atoms with Gasteiger partial charge in [0.2, 0.25) is 15.9 Å². The van der Waals surface area contributed by atoms with Crippen LogP contribution in [0.25, 0.3) is 5.57 Å². The lowest BCUT2D eigenvalue weighted by molar-refractivity contribution is -0.116. The van der Waals surface area contributed by atoms with E-state index in [4.69, 9.17) is 0 Å². The van der Waals surface area contributed by atoms with Crippen molar-refractivity contribution in [1.29, 1.82) is 0 Å². The van der Waals surface area contributed by atoms with Crippen LogP contribution >= 0.6 is 0 Å². The molecule has 0 aromatic heterocycles. The van der Waals surface area contributed by atoms with Crippen LogP contribution in [-0.4, -0.2) is 37.8 Å². The van der Waals surface area contributed by atoms with Crippen LogP contribution in [0.2, 0.25) is 0 Å². The number of nitrogens with zero attached hydrogens (tertiary/aromatic N) is 2. The Bertz CT molecular complexity index is 1040. The Labute approximate surface area is 166 Å². The fraction of sp³-hybridized carbons (Fsp3) is 0.318. The van der Waals surface area contributed by atoms with Crippen molar-refractivity contribution in [3.63, 3.8) is 0 Å². The zero-order valence-corrected chi connectivity index (χ0v) is 16.9. The van der Waals surface area contributed by atoms with Crippen LogP contribution in [0.4, 0.5) is 5.69 Å². The summed E-state index contributed by atoms with van der Waals surface area (Å²) in [6.07, 6.45) is 3.38. The summed E-state index contributed by atoms with van der Waals surface area (Å²) in [5, 5.41) is 0. The lowest BCUT2D eigenvalue weighted by Gasteiger charge is -2.26. The Morgan fingerprint density at radius 2 is 1.86 bits per heavy atom. The number of carbonyl (C=O) groups excluding carboxylic acids is 1. The van der Waals surface area contributed by atoms with Gasteiger partial charge in [0.05, 0.1) is 4.90 Å². The molecule has 28 heavy (non-hydrogen) atoms. The molecule has 0 aliphatic carbocycles. The van der Waals surface area contributed by atoms with Crippen LogP contribution in [0, 0.1) is 0 Å². The molecule has 0 saturated carbocycles. The lowest BCUT2D eigenvalue weighted by Crippen LogP contribution is -2.34. The molecule has 2 aromatic rings. The normalized spacial score (nSPS) is 20.0. The van der Waals surface area contributed by atoms with Gasteiger partial charge < -0.3 is 4.90 Å². The number of fused-ring (bicyclic) bond motifs is 1. The Morgan fingerprint density at radius 3 is 2.50 bits per heavy atom. The zero-order chi connectivity index (χ0) is 19.9. The number of benzene rings is 2. The van der Waals surface area contributed by atoms with Crippen LogP contribution in [-0.2, 0) is 21.2 Å². The molecule has 6 heteroatoms. The number of hydrogen-bond donors (Lipinski definition) is 0. The summed E-state index contributed by atoms with van der Waals surface area (Å²) in [6.45, 7) is 4.37. The molecule has 5 nitrogen and oxygen atoms in total. The van der Waals surface area contributed by atoms with E-state index in [2.05, 4.69) is 12.1 Å². The first-order valence-corrected chi connectivity index (χ1v) is 11.0. The van der Waals surface area contributed by atoms with Crippen molar-refractivity contribution >= 4 is 27.2 Å². The molecule has 1 atom stereocenters. The van der Waals surface area contributed by atoms with E-state index in [1.807, 2.05) is 31.2 Å². The average Bonchev–Trinajstić information content (AvgIpc) is 3.04. The Morgan fingerprint density at radius 1 is 1.11 bits per heavy atom. The highest BCUT2D eigenvalue weighted by molar-refractivity contribution is 7.89. The molecule has 0 spiro atoms. The molecule has 2 aromatic carbocycles. The van der Waals surface area contributed by atoms with Crippen LogP contribution < -0.4 is 4.90 Å². The van der Waals surface area contributed by atoms with Crippen molar-refractivity contribution in [1.82, 2.24) is 4.31 Å². The van der Waals surface area contributed by atoms with Gasteiger partial charge in [0, 0.05) is 31.7 Å². The predicted octanol–water partition coefficient (Wildman–Crippen LogP) is 3.46. The third-order valence-electron chi connectivity index (χ3n) is 5.56. The highest BCUT2D eigenvalue weighted by Crippen LogP contribution is 2.35. The van der Waals surface area contributed by atoms with Gasteiger partial charge in [0.1, 0.15) is 0 Å². The number of rotatable bonds is 3. The third kappa shape index (κ3) is 3.27. The van der Waals surface area contributed by atoms with E-state index in [0.717, 1.165) is 16.8 Å². The SMILES string of the molecule is CC(=O)N1c2ccc(S(=O)(=O)N3CC=C(c4ccccc4)CC3)cc2C[C@H]1C. The number of anilines is 1. The molecular weight excluding hydrogens is 372 g/mol. The second kappa shape index (κ2) is 7.18. The minimum atomic E-state index is -3.56. The van der Waals surface area contributed by atoms with E-state index in [0.29, 0.717) is 30.8 Å². The largest absolute Gasteiger partial charge is 0.309 e. The van der Waals surface area contributed by atoms with E-state index in [1.165, 1.54) is 9.88 Å². The highest BCUT2D eigenvalue weighted by Gasteiger charge is 2.32. The molecule has 146 valence electrons. The van der Waals surface area contributed by atoms with Crippen LogP contribution in [0.3, 0.4) is 0 Å². The minimum absolute atomic E-state index is 0.0172. The Hall–Kier alpha value is -2.44. The van der Waals surface area contributed by atoms with Gasteiger partial charge in [-0.05, 0) is 54.7 Å². The second-order valence-corrected chi connectivity index (χ2v) is 9.38. The summed E-state index contributed by atoms with van der Waals surface area (Å²) in [4.78, 5) is 13.9. The summed E-state index contributed by atoms with van der Waals surface area (Å²) in [7, 11) is -3.56. The molecule has 0 N–H and O–H groups in total. The summed E-state index contributed by atoms with van der Waals surface area (Å²) < 4.78 is 27.8. The van der Waals surface area contributed by atoms with Gasteiger partial charge in [0.15, 0.2) is 0 Å². The Kier molecular flexibility index (Phi) is 4.85. The molecule has 2 aliphatic rings. The standard InChI is InChI=1S/C22H24N2O3S/c1-16-14-20-15-21(8-9-22(20)24(16)17(2)25)28(26,27)23-12-10-19(11-13-23)18-6-4-3-5-7-18/h3-10,15-16H,11-14H2,1-2H3/t16-/m1/s1. The van der Waals surface area contributed by atoms with Crippen molar-refractivity contribution in [2.75, 3.05) is 18.0 Å². The van der Waals surface area contributed by atoms with E-state index >= 15 is 0 Å². The third-order valence-corrected chi connectivity index (χ3v) is 7.42. The van der Waals surface area contributed by atoms with Crippen molar-refractivity contribution in [2.24, 2.45) is 0 Å². The molecule has 4 rings (SSSR count). The van der Waals surface area contributed by atoms with Crippen LogP contribution in [0.1, 0.15) is 31.4 Å². The fourth-order valence-corrected chi connectivity index (χ4v) is 5.61. The molecule has 0 radical (unpaired) electrons. The van der Waals surface area contributed by atoms with Gasteiger partial charge in [-0.15, -0.1) is 0 Å². The fourth-order valence-electron chi connectivity index (χ4n) is 4.18. The number of sulfonamides is 1. The predicted molar refractivity (Wildman–Crippen MR) is 111 cm³/mol. The van der Waals surface area contributed by atoms with Crippen LogP contribution in [0.5, 0.6) is 0 Å². The highest BCUT2D eigenvalue weighted by atomic mass is 32.2. The van der Waals surface area contributed by atoms with E-state index in [9.17, 15) is 13.2 Å². The summed E-state index contributed by atoms with van der Waals surface area (Å²) in [5.74, 6) is -0.0172. The maximum absolute atomic E-state index is 13.1. The molecule has 2 heterocycles. The van der Waals surface area contributed by atoms with Gasteiger partial charge in [-0.25, -0.2) is 8.42 Å².